The SMILES string of the molecule is ClC1=C(Cl)C(c2cccc3cccnc23)c2ccccc21. The summed E-state index contributed by atoms with van der Waals surface area (Å²) in [6.45, 7) is 0. The van der Waals surface area contributed by atoms with Gasteiger partial charge in [-0.1, -0.05) is 71.7 Å². The zero-order valence-corrected chi connectivity index (χ0v) is 12.6. The van der Waals surface area contributed by atoms with E-state index in [4.69, 9.17) is 23.2 Å². The Labute approximate surface area is 132 Å². The molecule has 21 heavy (non-hydrogen) atoms. The highest BCUT2D eigenvalue weighted by atomic mass is 35.5. The first-order valence-corrected chi connectivity index (χ1v) is 7.51. The Morgan fingerprint density at radius 1 is 0.810 bits per heavy atom. The molecule has 0 saturated heterocycles. The highest BCUT2D eigenvalue weighted by molar-refractivity contribution is 6.56. The second-order valence-corrected chi connectivity index (χ2v) is 5.89. The molecule has 0 bridgehead atoms. The van der Waals surface area contributed by atoms with E-state index in [0.29, 0.717) is 10.1 Å². The van der Waals surface area contributed by atoms with Crippen LogP contribution >= 0.6 is 23.2 Å². The van der Waals surface area contributed by atoms with E-state index in [2.05, 4.69) is 29.2 Å². The predicted molar refractivity (Wildman–Crippen MR) is 88.7 cm³/mol. The van der Waals surface area contributed by atoms with Crippen LogP contribution in [0.3, 0.4) is 0 Å². The van der Waals surface area contributed by atoms with Crippen LogP contribution in [0.4, 0.5) is 0 Å². The van der Waals surface area contributed by atoms with Crippen LogP contribution in [-0.4, -0.2) is 4.98 Å². The van der Waals surface area contributed by atoms with Crippen molar-refractivity contribution in [1.82, 2.24) is 4.98 Å². The molecule has 3 aromatic rings. The fourth-order valence-electron chi connectivity index (χ4n) is 3.01. The van der Waals surface area contributed by atoms with Crippen LogP contribution in [0.25, 0.3) is 15.9 Å². The number of rotatable bonds is 1. The largest absolute Gasteiger partial charge is 0.256 e. The second kappa shape index (κ2) is 4.87. The molecule has 0 saturated carbocycles. The molecule has 3 heteroatoms. The van der Waals surface area contributed by atoms with Crippen molar-refractivity contribution < 1.29 is 0 Å². The maximum absolute atomic E-state index is 6.55. The Balaban J connectivity index is 2.02. The predicted octanol–water partition coefficient (Wildman–Crippen LogP) is 5.53. The van der Waals surface area contributed by atoms with Crippen LogP contribution < -0.4 is 0 Å². The monoisotopic (exact) mass is 311 g/mol. The lowest BCUT2D eigenvalue weighted by Crippen LogP contribution is -2.00. The maximum Gasteiger partial charge on any atom is 0.0743 e. The molecule has 0 fully saturated rings. The van der Waals surface area contributed by atoms with Gasteiger partial charge in [0.1, 0.15) is 0 Å². The Morgan fingerprint density at radius 2 is 1.57 bits per heavy atom. The van der Waals surface area contributed by atoms with E-state index in [0.717, 1.165) is 27.6 Å². The van der Waals surface area contributed by atoms with E-state index < -0.39 is 0 Å². The number of allylic oxidation sites excluding steroid dienone is 1. The van der Waals surface area contributed by atoms with E-state index >= 15 is 0 Å². The van der Waals surface area contributed by atoms with Crippen molar-refractivity contribution in [2.45, 2.75) is 5.92 Å². The smallest absolute Gasteiger partial charge is 0.0743 e. The summed E-state index contributed by atoms with van der Waals surface area (Å²) in [7, 11) is 0. The molecule has 1 heterocycles. The lowest BCUT2D eigenvalue weighted by molar-refractivity contribution is 1.04. The summed E-state index contributed by atoms with van der Waals surface area (Å²) < 4.78 is 0. The summed E-state index contributed by atoms with van der Waals surface area (Å²) in [5.41, 5.74) is 4.23. The third kappa shape index (κ3) is 1.89. The summed E-state index contributed by atoms with van der Waals surface area (Å²) >= 11 is 13.0. The van der Waals surface area contributed by atoms with E-state index in [1.807, 2.05) is 36.5 Å². The number of fused-ring (bicyclic) bond motifs is 2. The first-order chi connectivity index (χ1) is 10.3. The number of aromatic nitrogens is 1. The van der Waals surface area contributed by atoms with E-state index in [1.165, 1.54) is 0 Å². The van der Waals surface area contributed by atoms with Gasteiger partial charge in [-0.3, -0.25) is 4.98 Å². The minimum atomic E-state index is -0.0334. The zero-order valence-electron chi connectivity index (χ0n) is 11.1. The molecule has 1 nitrogen and oxygen atoms in total. The van der Waals surface area contributed by atoms with Gasteiger partial charge in [0.05, 0.1) is 10.5 Å². The summed E-state index contributed by atoms with van der Waals surface area (Å²) in [5, 5.41) is 2.43. The van der Waals surface area contributed by atoms with E-state index in [-0.39, 0.29) is 5.92 Å². The third-order valence-electron chi connectivity index (χ3n) is 3.95. The highest BCUT2D eigenvalue weighted by Crippen LogP contribution is 2.49. The van der Waals surface area contributed by atoms with Crippen LogP contribution in [0.1, 0.15) is 22.6 Å². The summed E-state index contributed by atoms with van der Waals surface area (Å²) in [6, 6.07) is 18.3. The number of benzene rings is 2. The van der Waals surface area contributed by atoms with Gasteiger partial charge in [0.15, 0.2) is 0 Å². The summed E-state index contributed by atoms with van der Waals surface area (Å²) in [6.07, 6.45) is 1.81. The molecule has 1 aliphatic carbocycles. The van der Waals surface area contributed by atoms with Gasteiger partial charge in [-0.2, -0.15) is 0 Å². The average molecular weight is 312 g/mol. The van der Waals surface area contributed by atoms with E-state index in [9.17, 15) is 0 Å². The average Bonchev–Trinajstić information content (AvgIpc) is 2.79. The van der Waals surface area contributed by atoms with Gasteiger partial charge >= 0.3 is 0 Å². The van der Waals surface area contributed by atoms with Crippen LogP contribution in [0, 0.1) is 0 Å². The third-order valence-corrected chi connectivity index (χ3v) is 4.86. The van der Waals surface area contributed by atoms with E-state index in [1.54, 1.807) is 0 Å². The van der Waals surface area contributed by atoms with Crippen LogP contribution in [0.15, 0.2) is 65.8 Å². The second-order valence-electron chi connectivity index (χ2n) is 5.10. The highest BCUT2D eigenvalue weighted by Gasteiger charge is 2.31. The fraction of sp³-hybridized carbons (Fsp3) is 0.0556. The fourth-order valence-corrected chi connectivity index (χ4v) is 3.62. The molecule has 1 aliphatic rings. The summed E-state index contributed by atoms with van der Waals surface area (Å²) in [5.74, 6) is -0.0334. The molecule has 0 spiro atoms. The standard InChI is InChI=1S/C18H11Cl2N/c19-16-13-8-2-1-7-12(13)15(17(16)20)14-9-3-5-11-6-4-10-21-18(11)14/h1-10,15H. The Hall–Kier alpha value is -1.83. The van der Waals surface area contributed by atoms with Gasteiger partial charge in [-0.15, -0.1) is 0 Å². The van der Waals surface area contributed by atoms with Crippen LogP contribution in [0.5, 0.6) is 0 Å². The molecule has 0 radical (unpaired) electrons. The molecule has 0 aliphatic heterocycles. The number of nitrogens with zero attached hydrogens (tertiary/aromatic N) is 1. The first kappa shape index (κ1) is 12.9. The maximum atomic E-state index is 6.55. The minimum absolute atomic E-state index is 0.0334. The molecule has 1 atom stereocenters. The molecule has 0 amide bonds. The Kier molecular flexibility index (Phi) is 2.99. The van der Waals surface area contributed by atoms with Crippen molar-refractivity contribution in [3.63, 3.8) is 0 Å². The number of hydrogen-bond donors (Lipinski definition) is 0. The molecule has 2 aromatic carbocycles. The zero-order chi connectivity index (χ0) is 14.4. The number of hydrogen-bond acceptors (Lipinski definition) is 1. The number of pyridine rings is 1. The molecular formula is C18H11Cl2N. The molecule has 0 N–H and O–H groups in total. The van der Waals surface area contributed by atoms with Crippen molar-refractivity contribution in [2.24, 2.45) is 0 Å². The van der Waals surface area contributed by atoms with Gasteiger partial charge < -0.3 is 0 Å². The van der Waals surface area contributed by atoms with Gasteiger partial charge in [0, 0.05) is 22.5 Å². The Bertz CT molecular complexity index is 878. The van der Waals surface area contributed by atoms with Gasteiger partial charge in [-0.05, 0) is 22.8 Å². The Morgan fingerprint density at radius 3 is 2.48 bits per heavy atom. The minimum Gasteiger partial charge on any atom is -0.256 e. The quantitative estimate of drug-likeness (QED) is 0.576. The lowest BCUT2D eigenvalue weighted by atomic mass is 9.91. The van der Waals surface area contributed by atoms with Gasteiger partial charge in [-0.25, -0.2) is 0 Å². The van der Waals surface area contributed by atoms with Crippen molar-refractivity contribution in [2.75, 3.05) is 0 Å². The van der Waals surface area contributed by atoms with Gasteiger partial charge in [0.2, 0.25) is 0 Å². The summed E-state index contributed by atoms with van der Waals surface area (Å²) in [4.78, 5) is 4.53. The van der Waals surface area contributed by atoms with Crippen molar-refractivity contribution in [1.29, 1.82) is 0 Å². The lowest BCUT2D eigenvalue weighted by Gasteiger charge is -2.15. The molecule has 4 rings (SSSR count). The normalized spacial score (nSPS) is 17.3. The van der Waals surface area contributed by atoms with Crippen molar-refractivity contribution in [3.8, 4) is 0 Å². The van der Waals surface area contributed by atoms with Crippen molar-refractivity contribution in [3.05, 3.63) is 82.5 Å². The van der Waals surface area contributed by atoms with Crippen molar-refractivity contribution >= 4 is 39.1 Å². The number of para-hydroxylation sites is 1. The van der Waals surface area contributed by atoms with Crippen LogP contribution in [0.2, 0.25) is 0 Å². The first-order valence-electron chi connectivity index (χ1n) is 6.75. The topological polar surface area (TPSA) is 12.9 Å². The molecular weight excluding hydrogens is 301 g/mol. The molecule has 102 valence electrons. The van der Waals surface area contributed by atoms with Gasteiger partial charge in [0.25, 0.3) is 0 Å². The number of halogens is 2. The molecule has 1 unspecified atom stereocenters. The molecule has 1 aromatic heterocycles. The van der Waals surface area contributed by atoms with Crippen LogP contribution in [-0.2, 0) is 0 Å².